The predicted molar refractivity (Wildman–Crippen MR) is 123 cm³/mol. The number of hydrogen-bond acceptors (Lipinski definition) is 10. The van der Waals surface area contributed by atoms with Crippen LogP contribution < -0.4 is 11.1 Å². The lowest BCUT2D eigenvalue weighted by Crippen LogP contribution is -2.70. The van der Waals surface area contributed by atoms with E-state index in [-0.39, 0.29) is 22.4 Å². The Labute approximate surface area is 200 Å². The molecule has 1 unspecified atom stereocenters. The molecule has 1 saturated heterocycles. The summed E-state index contributed by atoms with van der Waals surface area (Å²) in [5, 5.41) is 29.4. The van der Waals surface area contributed by atoms with Gasteiger partial charge in [0.2, 0.25) is 0 Å². The molecule has 14 heteroatoms. The summed E-state index contributed by atoms with van der Waals surface area (Å²) in [4.78, 5) is 47.4. The maximum absolute atomic E-state index is 12.8. The molecule has 2 aliphatic rings. The molecule has 6 N–H and O–H groups in total. The molecule has 2 aromatic heterocycles. The molecule has 0 aliphatic carbocycles. The monoisotopic (exact) mass is 499 g/mol. The molecule has 1 aromatic carbocycles. The number of hydrogen-bond donors (Lipinski definition) is 5. The number of nitrogens with two attached hydrogens (primary N) is 1. The Hall–Kier alpha value is -3.62. The summed E-state index contributed by atoms with van der Waals surface area (Å²) < 4.78 is 0. The molecule has 4 heterocycles. The Bertz CT molecular complexity index is 1350. The summed E-state index contributed by atoms with van der Waals surface area (Å²) in [5.41, 5.74) is 6.53. The van der Waals surface area contributed by atoms with Crippen molar-refractivity contribution in [3.05, 3.63) is 52.7 Å². The number of carboxylic acids is 1. The van der Waals surface area contributed by atoms with Crippen molar-refractivity contribution in [1.29, 1.82) is 0 Å². The van der Waals surface area contributed by atoms with Crippen molar-refractivity contribution in [3.8, 4) is 0 Å². The highest BCUT2D eigenvalue weighted by Gasteiger charge is 2.54. The second-order valence-electron chi connectivity index (χ2n) is 7.41. The number of nitrogen functional groups attached to an aromatic ring is 1. The van der Waals surface area contributed by atoms with Crippen LogP contribution in [-0.4, -0.2) is 70.2 Å². The molecular weight excluding hydrogens is 482 g/mol. The van der Waals surface area contributed by atoms with Crippen LogP contribution in [0.3, 0.4) is 0 Å². The lowest BCUT2D eigenvalue weighted by Gasteiger charge is -2.49. The molecule has 0 bridgehead atoms. The molecule has 0 radical (unpaired) electrons. The molecule has 2 aliphatic heterocycles. The molecule has 5 rings (SSSR count). The van der Waals surface area contributed by atoms with Crippen LogP contribution in [0.4, 0.5) is 5.82 Å². The van der Waals surface area contributed by atoms with Crippen molar-refractivity contribution < 1.29 is 24.6 Å². The molecule has 2 amide bonds. The normalized spacial score (nSPS) is 20.6. The van der Waals surface area contributed by atoms with Gasteiger partial charge in [0.15, 0.2) is 16.9 Å². The number of nitrogens with one attached hydrogen (secondary N) is 2. The van der Waals surface area contributed by atoms with Gasteiger partial charge in [-0.05, 0) is 5.56 Å². The number of aromatic nitrogens is 4. The van der Waals surface area contributed by atoms with Gasteiger partial charge >= 0.3 is 5.97 Å². The minimum atomic E-state index is -1.45. The highest BCUT2D eigenvalue weighted by molar-refractivity contribution is 8.06. The third-order valence-electron chi connectivity index (χ3n) is 5.33. The van der Waals surface area contributed by atoms with Gasteiger partial charge in [0.05, 0.1) is 11.6 Å². The SMILES string of the molecule is Nc1nc(SC2=C(C(=O)O)N3C(=O)C(NC(=O)[C@H](O)c4ccccc4)[C@H]3SC2)nc2[nH]ncc12. The van der Waals surface area contributed by atoms with Gasteiger partial charge in [-0.3, -0.25) is 19.6 Å². The second-order valence-corrected chi connectivity index (χ2v) is 9.58. The van der Waals surface area contributed by atoms with E-state index in [0.717, 1.165) is 16.7 Å². The maximum atomic E-state index is 12.8. The van der Waals surface area contributed by atoms with Crippen LogP contribution in [0, 0.1) is 0 Å². The number of β-lactam (4-membered cyclic amide) rings is 1. The Morgan fingerprint density at radius 2 is 2.06 bits per heavy atom. The van der Waals surface area contributed by atoms with Crippen LogP contribution >= 0.6 is 23.5 Å². The fourth-order valence-corrected chi connectivity index (χ4v) is 6.10. The predicted octanol–water partition coefficient (Wildman–Crippen LogP) is 0.457. The zero-order valence-corrected chi connectivity index (χ0v) is 18.8. The number of amides is 2. The number of fused-ring (bicyclic) bond motifs is 2. The third kappa shape index (κ3) is 3.74. The first-order valence-corrected chi connectivity index (χ1v) is 11.8. The number of thioether (sulfide) groups is 2. The van der Waals surface area contributed by atoms with Crippen molar-refractivity contribution in [3.63, 3.8) is 0 Å². The van der Waals surface area contributed by atoms with E-state index in [0.29, 0.717) is 21.5 Å². The molecule has 3 atom stereocenters. The first-order valence-electron chi connectivity index (χ1n) is 9.94. The Morgan fingerprint density at radius 3 is 2.79 bits per heavy atom. The van der Waals surface area contributed by atoms with Crippen LogP contribution in [0.2, 0.25) is 0 Å². The van der Waals surface area contributed by atoms with Crippen LogP contribution in [0.5, 0.6) is 0 Å². The van der Waals surface area contributed by atoms with E-state index < -0.39 is 35.3 Å². The number of carbonyl (C=O) groups is 3. The fraction of sp³-hybridized carbons (Fsp3) is 0.200. The van der Waals surface area contributed by atoms with Crippen molar-refractivity contribution in [2.24, 2.45) is 0 Å². The highest BCUT2D eigenvalue weighted by Crippen LogP contribution is 2.45. The second kappa shape index (κ2) is 8.62. The molecule has 174 valence electrons. The van der Waals surface area contributed by atoms with E-state index in [2.05, 4.69) is 25.5 Å². The lowest BCUT2D eigenvalue weighted by atomic mass is 10.0. The van der Waals surface area contributed by atoms with Crippen molar-refractivity contribution in [2.75, 3.05) is 11.5 Å². The van der Waals surface area contributed by atoms with Gasteiger partial charge in [-0.15, -0.1) is 11.8 Å². The zero-order valence-electron chi connectivity index (χ0n) is 17.2. The Kier molecular flexibility index (Phi) is 5.63. The zero-order chi connectivity index (χ0) is 24.0. The number of aliphatic hydroxyl groups excluding tert-OH is 1. The number of carbonyl (C=O) groups excluding carboxylic acids is 2. The van der Waals surface area contributed by atoms with Gasteiger partial charge in [0, 0.05) is 10.7 Å². The molecule has 3 aromatic rings. The summed E-state index contributed by atoms with van der Waals surface area (Å²) in [7, 11) is 0. The van der Waals surface area contributed by atoms with E-state index in [9.17, 15) is 24.6 Å². The minimum absolute atomic E-state index is 0.194. The summed E-state index contributed by atoms with van der Waals surface area (Å²) in [6.45, 7) is 0. The van der Waals surface area contributed by atoms with E-state index in [1.807, 2.05) is 0 Å². The summed E-state index contributed by atoms with van der Waals surface area (Å²) in [6.07, 6.45) is 0.0431. The van der Waals surface area contributed by atoms with Crippen LogP contribution in [0.25, 0.3) is 11.0 Å². The number of nitrogens with zero attached hydrogens (tertiary/aromatic N) is 4. The number of H-pyrrole nitrogens is 1. The van der Waals surface area contributed by atoms with Gasteiger partial charge in [0.25, 0.3) is 11.8 Å². The number of benzene rings is 1. The summed E-state index contributed by atoms with van der Waals surface area (Å²) in [6, 6.07) is 7.36. The number of anilines is 1. The molecule has 0 spiro atoms. The Morgan fingerprint density at radius 1 is 1.29 bits per heavy atom. The van der Waals surface area contributed by atoms with Gasteiger partial charge in [0.1, 0.15) is 22.9 Å². The van der Waals surface area contributed by atoms with Gasteiger partial charge in [-0.25, -0.2) is 14.8 Å². The number of aliphatic carboxylic acids is 1. The average Bonchev–Trinajstić information content (AvgIpc) is 3.31. The highest BCUT2D eigenvalue weighted by atomic mass is 32.2. The van der Waals surface area contributed by atoms with Crippen LogP contribution in [-0.2, 0) is 14.4 Å². The van der Waals surface area contributed by atoms with Crippen LogP contribution in [0.1, 0.15) is 11.7 Å². The van der Waals surface area contributed by atoms with E-state index in [4.69, 9.17) is 5.73 Å². The fourth-order valence-electron chi connectivity index (χ4n) is 3.68. The number of rotatable bonds is 6. The first-order chi connectivity index (χ1) is 16.3. The first kappa shape index (κ1) is 22.2. The van der Waals surface area contributed by atoms with Crippen molar-refractivity contribution >= 4 is 58.2 Å². The summed E-state index contributed by atoms with van der Waals surface area (Å²) in [5.74, 6) is -2.16. The average molecular weight is 500 g/mol. The van der Waals surface area contributed by atoms with E-state index in [1.54, 1.807) is 30.3 Å². The third-order valence-corrected chi connectivity index (χ3v) is 7.74. The standard InChI is InChI=1S/C20H17N7O5S2/c21-14-9-6-22-26-15(9)25-20(24-14)34-10-7-33-18-11(17(30)27(18)12(10)19(31)32)23-16(29)13(28)8-4-2-1-3-5-8/h1-6,11,13,18,28H,7H2,(H,23,29)(H,31,32)(H3,21,22,24,25,26)/t11?,13-,18-/m1/s1. The minimum Gasteiger partial charge on any atom is -0.477 e. The topological polar surface area (TPSA) is 187 Å². The number of aliphatic hydroxyl groups is 1. The van der Waals surface area contributed by atoms with Gasteiger partial charge in [-0.1, -0.05) is 42.1 Å². The lowest BCUT2D eigenvalue weighted by molar-refractivity contribution is -0.151. The molecule has 12 nitrogen and oxygen atoms in total. The quantitative estimate of drug-likeness (QED) is 0.234. The molecule has 1 fully saturated rings. The van der Waals surface area contributed by atoms with Crippen molar-refractivity contribution in [1.82, 2.24) is 30.4 Å². The summed E-state index contributed by atoms with van der Waals surface area (Å²) >= 11 is 2.29. The number of aromatic amines is 1. The smallest absolute Gasteiger partial charge is 0.353 e. The van der Waals surface area contributed by atoms with Crippen LogP contribution in [0.15, 0.2) is 52.3 Å². The van der Waals surface area contributed by atoms with Gasteiger partial charge < -0.3 is 21.3 Å². The van der Waals surface area contributed by atoms with Gasteiger partial charge in [-0.2, -0.15) is 5.10 Å². The Balaban J connectivity index is 1.35. The molecule has 0 saturated carbocycles. The largest absolute Gasteiger partial charge is 0.477 e. The molecule has 34 heavy (non-hydrogen) atoms. The van der Waals surface area contributed by atoms with Crippen molar-refractivity contribution in [2.45, 2.75) is 22.7 Å². The number of carboxylic acid groups (broad SMARTS) is 1. The van der Waals surface area contributed by atoms with E-state index >= 15 is 0 Å². The van der Waals surface area contributed by atoms with E-state index in [1.165, 1.54) is 18.0 Å². The maximum Gasteiger partial charge on any atom is 0.353 e. The molecular formula is C20H17N7O5S2.